The fourth-order valence-corrected chi connectivity index (χ4v) is 8.13. The van der Waals surface area contributed by atoms with Crippen molar-refractivity contribution in [3.63, 3.8) is 0 Å². The van der Waals surface area contributed by atoms with Crippen LogP contribution < -0.4 is 9.80 Å². The van der Waals surface area contributed by atoms with Crippen molar-refractivity contribution in [2.24, 2.45) is 0 Å². The molecule has 0 spiro atoms. The molecule has 4 aromatic carbocycles. The van der Waals surface area contributed by atoms with Crippen molar-refractivity contribution in [2.75, 3.05) is 23.0 Å². The maximum absolute atomic E-state index is 10.8. The minimum Gasteiger partial charge on any atom is -0.466 e. The Kier molecular flexibility index (Phi) is 6.74. The fraction of sp³-hybridized carbons (Fsp3) is 0.265. The molecule has 0 bridgehead atoms. The van der Waals surface area contributed by atoms with Gasteiger partial charge in [-0.3, -0.25) is 4.79 Å². The smallest absolute Gasteiger partial charge is 0.293 e. The van der Waals surface area contributed by atoms with Crippen molar-refractivity contribution >= 4 is 52.1 Å². The number of hydrogen-bond donors (Lipinski definition) is 1. The van der Waals surface area contributed by atoms with Gasteiger partial charge in [0.05, 0.1) is 24.2 Å². The molecule has 1 fully saturated rings. The van der Waals surface area contributed by atoms with Crippen LogP contribution in [0.15, 0.2) is 89.8 Å². The minimum absolute atomic E-state index is 0.0702. The molecular weight excluding hydrogens is 516 g/mol. The van der Waals surface area contributed by atoms with Gasteiger partial charge in [-0.15, -0.1) is 0 Å². The molecule has 40 heavy (non-hydrogen) atoms. The van der Waals surface area contributed by atoms with E-state index in [9.17, 15) is 9.90 Å². The minimum atomic E-state index is 0.0702. The van der Waals surface area contributed by atoms with Gasteiger partial charge in [-0.25, -0.2) is 0 Å². The number of aliphatic hydroxyl groups excluding tert-OH is 1. The second kappa shape index (κ2) is 10.7. The molecule has 1 saturated carbocycles. The largest absolute Gasteiger partial charge is 0.466 e. The van der Waals surface area contributed by atoms with E-state index in [2.05, 4.69) is 88.7 Å². The number of rotatable bonds is 8. The van der Waals surface area contributed by atoms with E-state index in [0.717, 1.165) is 5.56 Å². The zero-order chi connectivity index (χ0) is 27.1. The first-order valence-corrected chi connectivity index (χ1v) is 14.9. The molecule has 1 aliphatic carbocycles. The van der Waals surface area contributed by atoms with Gasteiger partial charge in [0, 0.05) is 28.2 Å². The van der Waals surface area contributed by atoms with Gasteiger partial charge in [0.25, 0.3) is 6.47 Å². The molecule has 5 nitrogen and oxygen atoms in total. The van der Waals surface area contributed by atoms with Crippen molar-refractivity contribution in [3.05, 3.63) is 102 Å². The molecule has 2 aliphatic heterocycles. The number of anilines is 3. The number of aliphatic hydroxyl groups is 1. The zero-order valence-electron chi connectivity index (χ0n) is 22.3. The quantitative estimate of drug-likeness (QED) is 0.185. The number of nitrogens with zero attached hydrogens (tertiary/aromatic N) is 2. The fourth-order valence-electron chi connectivity index (χ4n) is 6.76. The Morgan fingerprint density at radius 2 is 1.82 bits per heavy atom. The van der Waals surface area contributed by atoms with Gasteiger partial charge >= 0.3 is 0 Å². The Hall–Kier alpha value is -3.74. The number of thioether (sulfide) groups is 1. The van der Waals surface area contributed by atoms with Gasteiger partial charge < -0.3 is 19.6 Å². The molecule has 3 atom stereocenters. The molecule has 0 radical (unpaired) electrons. The molecule has 4 aromatic rings. The van der Waals surface area contributed by atoms with Crippen LogP contribution in [0.3, 0.4) is 0 Å². The Morgan fingerprint density at radius 3 is 2.67 bits per heavy atom. The number of carbonyl (C=O) groups is 1. The Balaban J connectivity index is 1.18. The van der Waals surface area contributed by atoms with Crippen molar-refractivity contribution in [3.8, 4) is 0 Å². The average Bonchev–Trinajstić information content (AvgIpc) is 3.69. The van der Waals surface area contributed by atoms with Crippen LogP contribution in [0, 0.1) is 0 Å². The normalized spacial score (nSPS) is 21.2. The van der Waals surface area contributed by atoms with Crippen LogP contribution in [-0.4, -0.2) is 36.1 Å². The summed E-state index contributed by atoms with van der Waals surface area (Å²) in [6, 6.07) is 28.6. The van der Waals surface area contributed by atoms with Gasteiger partial charge in [0.2, 0.25) is 0 Å². The highest BCUT2D eigenvalue weighted by Crippen LogP contribution is 2.53. The molecule has 0 amide bonds. The highest BCUT2D eigenvalue weighted by molar-refractivity contribution is 8.00. The van der Waals surface area contributed by atoms with Crippen molar-refractivity contribution in [2.45, 2.75) is 48.1 Å². The molecule has 0 aromatic heterocycles. The second-order valence-corrected chi connectivity index (χ2v) is 11.9. The number of hydrogen-bond acceptors (Lipinski definition) is 6. The third-order valence-corrected chi connectivity index (χ3v) is 9.92. The standard InChI is InChI=1S/C34H32N2O3S/c37-21-24-8-13-26(14-9-24)36-30-7-3-6-28(30)29-20-23(10-15-31(29)36)11-17-33-35(18-19-39-22-38)32-16-12-25-4-1-2-5-27(25)34(32)40-33/h1-2,4-5,8-17,20,22,28,30,33,37H,3,6-7,18-19,21H2/b17-11+. The predicted molar refractivity (Wildman–Crippen MR) is 163 cm³/mol. The van der Waals surface area contributed by atoms with Gasteiger partial charge in [0.15, 0.2) is 0 Å². The van der Waals surface area contributed by atoms with E-state index in [-0.39, 0.29) is 12.0 Å². The van der Waals surface area contributed by atoms with Gasteiger partial charge in [-0.2, -0.15) is 0 Å². The monoisotopic (exact) mass is 548 g/mol. The molecular formula is C34H32N2O3S. The Labute approximate surface area is 239 Å². The Bertz CT molecular complexity index is 1580. The van der Waals surface area contributed by atoms with Crippen LogP contribution in [0.1, 0.15) is 41.9 Å². The van der Waals surface area contributed by atoms with Crippen molar-refractivity contribution in [1.82, 2.24) is 0 Å². The van der Waals surface area contributed by atoms with E-state index in [4.69, 9.17) is 4.74 Å². The topological polar surface area (TPSA) is 53.0 Å². The third kappa shape index (κ3) is 4.36. The molecule has 202 valence electrons. The summed E-state index contributed by atoms with van der Waals surface area (Å²) in [7, 11) is 0. The summed E-state index contributed by atoms with van der Waals surface area (Å²) in [6.07, 6.45) is 8.22. The summed E-state index contributed by atoms with van der Waals surface area (Å²) in [5.41, 5.74) is 7.31. The van der Waals surface area contributed by atoms with Crippen LogP contribution in [0.25, 0.3) is 16.8 Å². The predicted octanol–water partition coefficient (Wildman–Crippen LogP) is 7.24. The molecule has 3 unspecified atom stereocenters. The summed E-state index contributed by atoms with van der Waals surface area (Å²) in [5.74, 6) is 0.550. The first-order valence-electron chi connectivity index (χ1n) is 14.1. The summed E-state index contributed by atoms with van der Waals surface area (Å²) in [5, 5.41) is 12.1. The molecule has 2 heterocycles. The number of fused-ring (bicyclic) bond motifs is 6. The first kappa shape index (κ1) is 25.2. The lowest BCUT2D eigenvalue weighted by atomic mass is 9.96. The Morgan fingerprint density at radius 1 is 0.975 bits per heavy atom. The summed E-state index contributed by atoms with van der Waals surface area (Å²) in [4.78, 5) is 17.0. The first-order chi connectivity index (χ1) is 19.7. The van der Waals surface area contributed by atoms with Gasteiger partial charge in [0.1, 0.15) is 6.61 Å². The lowest BCUT2D eigenvalue weighted by molar-refractivity contribution is -0.128. The highest BCUT2D eigenvalue weighted by Gasteiger charge is 2.42. The number of carbonyl (C=O) groups excluding carboxylic acids is 1. The van der Waals surface area contributed by atoms with E-state index < -0.39 is 0 Å². The SMILES string of the molecule is O=COCCN1c2ccc3ccccc3c2SC1/C=C/c1ccc2c(c1)C1CCCC1N2c1ccc(CO)cc1. The summed E-state index contributed by atoms with van der Waals surface area (Å²) >= 11 is 1.86. The molecule has 7 rings (SSSR count). The molecule has 6 heteroatoms. The van der Waals surface area contributed by atoms with Crippen LogP contribution >= 0.6 is 11.8 Å². The van der Waals surface area contributed by atoms with Crippen LogP contribution in [0.2, 0.25) is 0 Å². The van der Waals surface area contributed by atoms with Crippen LogP contribution in [0.4, 0.5) is 17.1 Å². The number of benzene rings is 4. The van der Waals surface area contributed by atoms with Crippen LogP contribution in [-0.2, 0) is 16.1 Å². The van der Waals surface area contributed by atoms with E-state index in [1.54, 1.807) is 0 Å². The van der Waals surface area contributed by atoms with Gasteiger partial charge in [-0.1, -0.05) is 78.9 Å². The van der Waals surface area contributed by atoms with Crippen molar-refractivity contribution < 1.29 is 14.6 Å². The molecule has 1 N–H and O–H groups in total. The molecule has 0 saturated heterocycles. The second-order valence-electron chi connectivity index (χ2n) is 10.8. The van der Waals surface area contributed by atoms with E-state index in [0.29, 0.717) is 31.6 Å². The van der Waals surface area contributed by atoms with E-state index in [1.165, 1.54) is 63.1 Å². The highest BCUT2D eigenvalue weighted by atomic mass is 32.2. The van der Waals surface area contributed by atoms with E-state index >= 15 is 0 Å². The number of ether oxygens (including phenoxy) is 1. The lowest BCUT2D eigenvalue weighted by Gasteiger charge is -2.27. The van der Waals surface area contributed by atoms with Crippen LogP contribution in [0.5, 0.6) is 0 Å². The zero-order valence-corrected chi connectivity index (χ0v) is 23.1. The third-order valence-electron chi connectivity index (χ3n) is 8.60. The van der Waals surface area contributed by atoms with Gasteiger partial charge in [-0.05, 0) is 70.6 Å². The maximum atomic E-state index is 10.8. The summed E-state index contributed by atoms with van der Waals surface area (Å²) < 4.78 is 5.09. The maximum Gasteiger partial charge on any atom is 0.293 e. The lowest BCUT2D eigenvalue weighted by Crippen LogP contribution is -2.31. The summed E-state index contributed by atoms with van der Waals surface area (Å²) in [6.45, 7) is 1.60. The van der Waals surface area contributed by atoms with Crippen molar-refractivity contribution in [1.29, 1.82) is 0 Å². The molecule has 3 aliphatic rings. The average molecular weight is 549 g/mol. The van der Waals surface area contributed by atoms with E-state index in [1.807, 2.05) is 23.9 Å².